The van der Waals surface area contributed by atoms with Crippen LogP contribution < -0.4 is 5.32 Å². The van der Waals surface area contributed by atoms with E-state index >= 15 is 0 Å². The molecule has 0 atom stereocenters. The predicted molar refractivity (Wildman–Crippen MR) is 74.2 cm³/mol. The van der Waals surface area contributed by atoms with Gasteiger partial charge in [0, 0.05) is 25.5 Å². The number of hydrogen-bond donors (Lipinski definition) is 1. The van der Waals surface area contributed by atoms with E-state index in [2.05, 4.69) is 27.9 Å². The van der Waals surface area contributed by atoms with Gasteiger partial charge < -0.3 is 9.88 Å². The van der Waals surface area contributed by atoms with Gasteiger partial charge in [0.2, 0.25) is 0 Å². The van der Waals surface area contributed by atoms with Crippen molar-refractivity contribution in [2.75, 3.05) is 0 Å². The predicted octanol–water partition coefficient (Wildman–Crippen LogP) is 2.45. The van der Waals surface area contributed by atoms with E-state index in [1.807, 2.05) is 36.7 Å². The highest BCUT2D eigenvalue weighted by Gasteiger charge is 2.01. The molecule has 0 aliphatic heterocycles. The first kappa shape index (κ1) is 13.3. The van der Waals surface area contributed by atoms with Crippen molar-refractivity contribution in [2.24, 2.45) is 0 Å². The van der Waals surface area contributed by atoms with E-state index in [4.69, 9.17) is 5.26 Å². The summed E-state index contributed by atoms with van der Waals surface area (Å²) < 4.78 is 2.17. The lowest BCUT2D eigenvalue weighted by Crippen LogP contribution is -2.16. The molecule has 98 valence electrons. The van der Waals surface area contributed by atoms with Crippen molar-refractivity contribution in [1.29, 1.82) is 5.26 Å². The van der Waals surface area contributed by atoms with Crippen LogP contribution in [-0.4, -0.2) is 9.55 Å². The molecule has 0 radical (unpaired) electrons. The molecule has 1 heterocycles. The maximum Gasteiger partial charge on any atom is 0.122 e. The zero-order valence-electron chi connectivity index (χ0n) is 11.1. The maximum absolute atomic E-state index is 8.85. The molecule has 0 fully saturated rings. The van der Waals surface area contributed by atoms with Gasteiger partial charge in [0.1, 0.15) is 5.82 Å². The van der Waals surface area contributed by atoms with Gasteiger partial charge in [-0.15, -0.1) is 0 Å². The number of benzene rings is 1. The van der Waals surface area contributed by atoms with Gasteiger partial charge in [0.05, 0.1) is 18.2 Å². The number of hydrogen-bond acceptors (Lipinski definition) is 3. The summed E-state index contributed by atoms with van der Waals surface area (Å²) in [4.78, 5) is 4.35. The van der Waals surface area contributed by atoms with Gasteiger partial charge in [0.15, 0.2) is 0 Å². The largest absolute Gasteiger partial charge is 0.334 e. The third-order valence-corrected chi connectivity index (χ3v) is 2.93. The van der Waals surface area contributed by atoms with Gasteiger partial charge in [-0.25, -0.2) is 4.98 Å². The lowest BCUT2D eigenvalue weighted by atomic mass is 10.1. The van der Waals surface area contributed by atoms with Crippen molar-refractivity contribution in [3.8, 4) is 6.07 Å². The zero-order chi connectivity index (χ0) is 13.5. The van der Waals surface area contributed by atoms with Gasteiger partial charge >= 0.3 is 0 Å². The second-order valence-corrected chi connectivity index (χ2v) is 4.45. The van der Waals surface area contributed by atoms with Crippen molar-refractivity contribution < 1.29 is 0 Å². The van der Waals surface area contributed by atoms with E-state index in [-0.39, 0.29) is 0 Å². The van der Waals surface area contributed by atoms with E-state index in [0.29, 0.717) is 5.56 Å². The molecule has 1 aromatic carbocycles. The molecule has 0 aliphatic carbocycles. The Kier molecular flexibility index (Phi) is 4.71. The number of aromatic nitrogens is 2. The Labute approximate surface area is 113 Å². The van der Waals surface area contributed by atoms with Gasteiger partial charge in [-0.2, -0.15) is 5.26 Å². The number of nitrogens with zero attached hydrogens (tertiary/aromatic N) is 3. The number of nitriles is 1. The first-order valence-electron chi connectivity index (χ1n) is 6.53. The minimum Gasteiger partial charge on any atom is -0.334 e. The average Bonchev–Trinajstić information content (AvgIpc) is 2.87. The Morgan fingerprint density at radius 2 is 2.26 bits per heavy atom. The van der Waals surface area contributed by atoms with E-state index < -0.39 is 0 Å². The van der Waals surface area contributed by atoms with Crippen LogP contribution in [0.15, 0.2) is 36.7 Å². The number of imidazole rings is 1. The summed E-state index contributed by atoms with van der Waals surface area (Å²) in [6.45, 7) is 4.64. The summed E-state index contributed by atoms with van der Waals surface area (Å²) >= 11 is 0. The standard InChI is InChI=1S/C15H18N4/c1-2-7-19-8-6-18-15(19)12-17-11-14-5-3-4-13(9-14)10-16/h3-6,8-9,17H,2,7,11-12H2,1H3. The van der Waals surface area contributed by atoms with Crippen molar-refractivity contribution >= 4 is 0 Å². The SMILES string of the molecule is CCCn1ccnc1CNCc1cccc(C#N)c1. The molecule has 2 rings (SSSR count). The quantitative estimate of drug-likeness (QED) is 0.861. The second kappa shape index (κ2) is 6.72. The van der Waals surface area contributed by atoms with Crippen LogP contribution in [0.4, 0.5) is 0 Å². The fourth-order valence-corrected chi connectivity index (χ4v) is 2.02. The van der Waals surface area contributed by atoms with Gasteiger partial charge in [0.25, 0.3) is 0 Å². The second-order valence-electron chi connectivity index (χ2n) is 4.45. The molecule has 2 aromatic rings. The molecule has 0 aliphatic rings. The minimum atomic E-state index is 0.701. The first-order valence-corrected chi connectivity index (χ1v) is 6.53. The molecular weight excluding hydrogens is 236 g/mol. The lowest BCUT2D eigenvalue weighted by Gasteiger charge is -2.08. The molecule has 4 heteroatoms. The van der Waals surface area contributed by atoms with Crippen LogP contribution in [0.25, 0.3) is 0 Å². The molecule has 0 bridgehead atoms. The smallest absolute Gasteiger partial charge is 0.122 e. The highest BCUT2D eigenvalue weighted by Crippen LogP contribution is 2.04. The van der Waals surface area contributed by atoms with E-state index in [0.717, 1.165) is 37.4 Å². The molecule has 0 unspecified atom stereocenters. The van der Waals surface area contributed by atoms with Crippen LogP contribution in [0.2, 0.25) is 0 Å². The molecule has 19 heavy (non-hydrogen) atoms. The Bertz CT molecular complexity index is 566. The van der Waals surface area contributed by atoms with Crippen molar-refractivity contribution in [1.82, 2.24) is 14.9 Å². The summed E-state index contributed by atoms with van der Waals surface area (Å²) in [6, 6.07) is 9.81. The van der Waals surface area contributed by atoms with Crippen molar-refractivity contribution in [3.05, 3.63) is 53.6 Å². The Hall–Kier alpha value is -2.12. The lowest BCUT2D eigenvalue weighted by molar-refractivity contribution is 0.588. The molecule has 0 spiro atoms. The summed E-state index contributed by atoms with van der Waals surface area (Å²) in [5.41, 5.74) is 1.82. The normalized spacial score (nSPS) is 10.3. The maximum atomic E-state index is 8.85. The number of rotatable bonds is 6. The molecule has 0 amide bonds. The van der Waals surface area contributed by atoms with E-state index in [1.54, 1.807) is 0 Å². The fraction of sp³-hybridized carbons (Fsp3) is 0.333. The van der Waals surface area contributed by atoms with Gasteiger partial charge in [-0.3, -0.25) is 0 Å². The van der Waals surface area contributed by atoms with Crippen molar-refractivity contribution in [3.63, 3.8) is 0 Å². The average molecular weight is 254 g/mol. The van der Waals surface area contributed by atoms with Crippen LogP contribution in [-0.2, 0) is 19.6 Å². The van der Waals surface area contributed by atoms with Crippen LogP contribution >= 0.6 is 0 Å². The summed E-state index contributed by atoms with van der Waals surface area (Å²) in [5.74, 6) is 1.05. The Balaban J connectivity index is 1.89. The summed E-state index contributed by atoms with van der Waals surface area (Å²) in [7, 11) is 0. The highest BCUT2D eigenvalue weighted by molar-refractivity contribution is 5.32. The molecule has 0 saturated carbocycles. The molecule has 1 aromatic heterocycles. The van der Waals surface area contributed by atoms with Crippen LogP contribution in [0.1, 0.15) is 30.3 Å². The molecule has 1 N–H and O–H groups in total. The first-order chi connectivity index (χ1) is 9.33. The minimum absolute atomic E-state index is 0.701. The van der Waals surface area contributed by atoms with Gasteiger partial charge in [-0.1, -0.05) is 19.1 Å². The van der Waals surface area contributed by atoms with Crippen LogP contribution in [0, 0.1) is 11.3 Å². The van der Waals surface area contributed by atoms with Crippen LogP contribution in [0.5, 0.6) is 0 Å². The third kappa shape index (κ3) is 3.67. The summed E-state index contributed by atoms with van der Waals surface area (Å²) in [6.07, 6.45) is 4.95. The summed E-state index contributed by atoms with van der Waals surface area (Å²) in [5, 5.41) is 12.2. The molecule has 0 saturated heterocycles. The monoisotopic (exact) mass is 254 g/mol. The zero-order valence-corrected chi connectivity index (χ0v) is 11.1. The third-order valence-electron chi connectivity index (χ3n) is 2.93. The Morgan fingerprint density at radius 3 is 3.05 bits per heavy atom. The topological polar surface area (TPSA) is 53.6 Å². The van der Waals surface area contributed by atoms with Gasteiger partial charge in [-0.05, 0) is 24.1 Å². The van der Waals surface area contributed by atoms with E-state index in [9.17, 15) is 0 Å². The molecular formula is C15H18N4. The molecule has 4 nitrogen and oxygen atoms in total. The van der Waals surface area contributed by atoms with Crippen LogP contribution in [0.3, 0.4) is 0 Å². The fourth-order valence-electron chi connectivity index (χ4n) is 2.02. The van der Waals surface area contributed by atoms with Crippen molar-refractivity contribution in [2.45, 2.75) is 33.0 Å². The van der Waals surface area contributed by atoms with E-state index in [1.165, 1.54) is 0 Å². The highest BCUT2D eigenvalue weighted by atomic mass is 15.1. The Morgan fingerprint density at radius 1 is 1.37 bits per heavy atom. The number of nitrogens with one attached hydrogen (secondary N) is 1. The number of aryl methyl sites for hydroxylation is 1.